The van der Waals surface area contributed by atoms with Crippen LogP contribution in [0.4, 0.5) is 0 Å². The van der Waals surface area contributed by atoms with E-state index in [9.17, 15) is 5.11 Å². The predicted octanol–water partition coefficient (Wildman–Crippen LogP) is 1.25. The number of hydrogen-bond donors (Lipinski definition) is 3. The second-order valence-electron chi connectivity index (χ2n) is 3.48. The summed E-state index contributed by atoms with van der Waals surface area (Å²) in [6, 6.07) is 7.16. The molecule has 0 radical (unpaired) electrons. The first kappa shape index (κ1) is 11.0. The highest BCUT2D eigenvalue weighted by Gasteiger charge is 1.96. The Bertz CT molecular complexity index is 274. The molecule has 1 unspecified atom stereocenters. The van der Waals surface area contributed by atoms with E-state index < -0.39 is 0 Å². The lowest BCUT2D eigenvalue weighted by Gasteiger charge is -2.06. The van der Waals surface area contributed by atoms with Crippen molar-refractivity contribution in [3.63, 3.8) is 0 Å². The van der Waals surface area contributed by atoms with Gasteiger partial charge < -0.3 is 15.5 Å². The molecule has 1 aromatic rings. The fourth-order valence-electron chi connectivity index (χ4n) is 1.21. The first-order valence-electron chi connectivity index (χ1n) is 4.85. The molecule has 0 fully saturated rings. The van der Waals surface area contributed by atoms with Crippen molar-refractivity contribution >= 4 is 0 Å². The van der Waals surface area contributed by atoms with Crippen molar-refractivity contribution in [1.82, 2.24) is 5.32 Å². The van der Waals surface area contributed by atoms with Crippen LogP contribution in [0.5, 0.6) is 5.75 Å². The van der Waals surface area contributed by atoms with Gasteiger partial charge in [0, 0.05) is 6.54 Å². The summed E-state index contributed by atoms with van der Waals surface area (Å²) in [5.41, 5.74) is 1.05. The molecule has 0 aliphatic carbocycles. The first-order valence-corrected chi connectivity index (χ1v) is 4.85. The van der Waals surface area contributed by atoms with Crippen LogP contribution in [-0.2, 0) is 6.54 Å². The second kappa shape index (κ2) is 5.62. The summed E-state index contributed by atoms with van der Waals surface area (Å²) >= 11 is 0. The molecule has 3 nitrogen and oxygen atoms in total. The smallest absolute Gasteiger partial charge is 0.115 e. The largest absolute Gasteiger partial charge is 0.508 e. The van der Waals surface area contributed by atoms with Gasteiger partial charge in [0.15, 0.2) is 0 Å². The summed E-state index contributed by atoms with van der Waals surface area (Å²) in [5, 5.41) is 21.4. The number of hydrogen-bond acceptors (Lipinski definition) is 3. The van der Waals surface area contributed by atoms with Crippen LogP contribution >= 0.6 is 0 Å². The maximum atomic E-state index is 9.19. The third kappa shape index (κ3) is 4.25. The lowest BCUT2D eigenvalue weighted by atomic mass is 10.2. The molecule has 0 saturated carbocycles. The summed E-state index contributed by atoms with van der Waals surface area (Å²) in [7, 11) is 0. The van der Waals surface area contributed by atoms with E-state index in [1.807, 2.05) is 12.1 Å². The average Bonchev–Trinajstić information content (AvgIpc) is 2.12. The number of phenols is 1. The monoisotopic (exact) mass is 195 g/mol. The van der Waals surface area contributed by atoms with Gasteiger partial charge in [0.25, 0.3) is 0 Å². The molecular formula is C11H17NO2. The third-order valence-corrected chi connectivity index (χ3v) is 1.98. The van der Waals surface area contributed by atoms with Crippen LogP contribution in [-0.4, -0.2) is 22.9 Å². The normalized spacial score (nSPS) is 12.7. The van der Waals surface area contributed by atoms with Crippen molar-refractivity contribution in [2.45, 2.75) is 26.0 Å². The van der Waals surface area contributed by atoms with E-state index in [2.05, 4.69) is 5.32 Å². The van der Waals surface area contributed by atoms with E-state index in [0.717, 1.165) is 25.1 Å². The highest BCUT2D eigenvalue weighted by atomic mass is 16.3. The van der Waals surface area contributed by atoms with Crippen LogP contribution < -0.4 is 5.32 Å². The van der Waals surface area contributed by atoms with Gasteiger partial charge in [-0.05, 0) is 37.6 Å². The zero-order valence-corrected chi connectivity index (χ0v) is 8.40. The Balaban J connectivity index is 2.25. The van der Waals surface area contributed by atoms with Crippen LogP contribution in [0.2, 0.25) is 0 Å². The quantitative estimate of drug-likeness (QED) is 0.620. The number of aliphatic hydroxyl groups is 1. The van der Waals surface area contributed by atoms with Crippen LogP contribution in [0.15, 0.2) is 24.3 Å². The van der Waals surface area contributed by atoms with Gasteiger partial charge in [-0.15, -0.1) is 0 Å². The van der Waals surface area contributed by atoms with Gasteiger partial charge in [-0.1, -0.05) is 12.1 Å². The van der Waals surface area contributed by atoms with Crippen molar-refractivity contribution in [2.24, 2.45) is 0 Å². The SMILES string of the molecule is CC(O)CCNCc1cccc(O)c1. The molecule has 1 rings (SSSR count). The first-order chi connectivity index (χ1) is 6.68. The third-order valence-electron chi connectivity index (χ3n) is 1.98. The Morgan fingerprint density at radius 3 is 2.86 bits per heavy atom. The summed E-state index contributed by atoms with van der Waals surface area (Å²) < 4.78 is 0. The number of aliphatic hydroxyl groups excluding tert-OH is 1. The molecule has 3 N–H and O–H groups in total. The Labute approximate surface area is 84.4 Å². The summed E-state index contributed by atoms with van der Waals surface area (Å²) in [6.07, 6.45) is 0.491. The van der Waals surface area contributed by atoms with Crippen molar-refractivity contribution < 1.29 is 10.2 Å². The van der Waals surface area contributed by atoms with E-state index in [4.69, 9.17) is 5.11 Å². The number of nitrogens with one attached hydrogen (secondary N) is 1. The van der Waals surface area contributed by atoms with E-state index in [0.29, 0.717) is 5.75 Å². The summed E-state index contributed by atoms with van der Waals surface area (Å²) in [5.74, 6) is 0.292. The zero-order valence-electron chi connectivity index (χ0n) is 8.40. The van der Waals surface area contributed by atoms with Gasteiger partial charge >= 0.3 is 0 Å². The van der Waals surface area contributed by atoms with E-state index in [-0.39, 0.29) is 6.10 Å². The van der Waals surface area contributed by atoms with Gasteiger partial charge in [-0.25, -0.2) is 0 Å². The molecule has 0 aromatic heterocycles. The Kier molecular flexibility index (Phi) is 4.43. The van der Waals surface area contributed by atoms with Crippen molar-refractivity contribution in [3.8, 4) is 5.75 Å². The maximum absolute atomic E-state index is 9.19. The number of aromatic hydroxyl groups is 1. The van der Waals surface area contributed by atoms with Crippen molar-refractivity contribution in [2.75, 3.05) is 6.54 Å². The van der Waals surface area contributed by atoms with Crippen LogP contribution in [0.1, 0.15) is 18.9 Å². The Hall–Kier alpha value is -1.06. The molecule has 0 saturated heterocycles. The van der Waals surface area contributed by atoms with Gasteiger partial charge in [0.05, 0.1) is 6.10 Å². The zero-order chi connectivity index (χ0) is 10.4. The van der Waals surface area contributed by atoms with Crippen molar-refractivity contribution in [1.29, 1.82) is 0 Å². The molecule has 0 heterocycles. The number of benzene rings is 1. The summed E-state index contributed by atoms with van der Waals surface area (Å²) in [6.45, 7) is 3.28. The van der Waals surface area contributed by atoms with Crippen LogP contribution in [0.3, 0.4) is 0 Å². The van der Waals surface area contributed by atoms with E-state index in [1.165, 1.54) is 0 Å². The molecule has 78 valence electrons. The van der Waals surface area contributed by atoms with Crippen LogP contribution in [0.25, 0.3) is 0 Å². The minimum atomic E-state index is -0.258. The molecule has 0 amide bonds. The minimum Gasteiger partial charge on any atom is -0.508 e. The van der Waals surface area contributed by atoms with Gasteiger partial charge in [-0.2, -0.15) is 0 Å². The predicted molar refractivity (Wildman–Crippen MR) is 56.1 cm³/mol. The number of rotatable bonds is 5. The highest BCUT2D eigenvalue weighted by Crippen LogP contribution is 2.10. The lowest BCUT2D eigenvalue weighted by molar-refractivity contribution is 0.183. The standard InChI is InChI=1S/C11H17NO2/c1-9(13)5-6-12-8-10-3-2-4-11(14)7-10/h2-4,7,9,12-14H,5-6,8H2,1H3. The van der Waals surface area contributed by atoms with E-state index >= 15 is 0 Å². The van der Waals surface area contributed by atoms with Crippen LogP contribution in [0, 0.1) is 0 Å². The lowest BCUT2D eigenvalue weighted by Crippen LogP contribution is -2.18. The van der Waals surface area contributed by atoms with Crippen molar-refractivity contribution in [3.05, 3.63) is 29.8 Å². The number of phenolic OH excluding ortho intramolecular Hbond substituents is 1. The fraction of sp³-hybridized carbons (Fsp3) is 0.455. The topological polar surface area (TPSA) is 52.5 Å². The molecule has 0 aliphatic heterocycles. The molecular weight excluding hydrogens is 178 g/mol. The maximum Gasteiger partial charge on any atom is 0.115 e. The molecule has 0 spiro atoms. The molecule has 3 heteroatoms. The van der Waals surface area contributed by atoms with Gasteiger partial charge in [0.1, 0.15) is 5.75 Å². The fourth-order valence-corrected chi connectivity index (χ4v) is 1.21. The van der Waals surface area contributed by atoms with Gasteiger partial charge in [-0.3, -0.25) is 0 Å². The van der Waals surface area contributed by atoms with E-state index in [1.54, 1.807) is 19.1 Å². The molecule has 14 heavy (non-hydrogen) atoms. The second-order valence-corrected chi connectivity index (χ2v) is 3.48. The highest BCUT2D eigenvalue weighted by molar-refractivity contribution is 5.26. The molecule has 1 aromatic carbocycles. The van der Waals surface area contributed by atoms with Gasteiger partial charge in [0.2, 0.25) is 0 Å². The Morgan fingerprint density at radius 2 is 2.21 bits per heavy atom. The summed E-state index contributed by atoms with van der Waals surface area (Å²) in [4.78, 5) is 0. The molecule has 0 bridgehead atoms. The minimum absolute atomic E-state index is 0.258. The molecule has 0 aliphatic rings. The molecule has 1 atom stereocenters. The Morgan fingerprint density at radius 1 is 1.43 bits per heavy atom. The average molecular weight is 195 g/mol.